The molecule has 0 aromatic heterocycles. The molecule has 1 saturated heterocycles. The molecular formula is C13H14BrNO3S. The van der Waals surface area contributed by atoms with Gasteiger partial charge in [0.25, 0.3) is 0 Å². The quantitative estimate of drug-likeness (QED) is 0.677. The Morgan fingerprint density at radius 1 is 1.58 bits per heavy atom. The highest BCUT2D eigenvalue weighted by molar-refractivity contribution is 9.10. The van der Waals surface area contributed by atoms with Crippen LogP contribution in [0.4, 0.5) is 5.69 Å². The van der Waals surface area contributed by atoms with Crippen molar-refractivity contribution in [3.8, 4) is 0 Å². The van der Waals surface area contributed by atoms with Gasteiger partial charge in [0.1, 0.15) is 0 Å². The van der Waals surface area contributed by atoms with Crippen molar-refractivity contribution in [1.29, 1.82) is 0 Å². The number of carbonyl (C=O) groups is 2. The van der Waals surface area contributed by atoms with Gasteiger partial charge in [-0.2, -0.15) is 12.6 Å². The van der Waals surface area contributed by atoms with Gasteiger partial charge in [-0.3, -0.25) is 4.79 Å². The van der Waals surface area contributed by atoms with E-state index in [0.29, 0.717) is 30.0 Å². The van der Waals surface area contributed by atoms with E-state index in [1.54, 1.807) is 17.0 Å². The van der Waals surface area contributed by atoms with Gasteiger partial charge in [-0.25, -0.2) is 4.79 Å². The van der Waals surface area contributed by atoms with Crippen molar-refractivity contribution in [3.63, 3.8) is 0 Å². The van der Waals surface area contributed by atoms with Gasteiger partial charge in [0.2, 0.25) is 5.91 Å². The van der Waals surface area contributed by atoms with Crippen LogP contribution in [0.15, 0.2) is 22.7 Å². The molecule has 1 aliphatic rings. The van der Waals surface area contributed by atoms with Crippen LogP contribution in [-0.4, -0.2) is 31.3 Å². The second kappa shape index (κ2) is 5.96. The summed E-state index contributed by atoms with van der Waals surface area (Å²) in [5.41, 5.74) is 0.995. The third-order valence-electron chi connectivity index (χ3n) is 3.12. The van der Waals surface area contributed by atoms with Gasteiger partial charge in [-0.15, -0.1) is 0 Å². The first-order valence-electron chi connectivity index (χ1n) is 5.86. The van der Waals surface area contributed by atoms with Crippen LogP contribution in [0, 0.1) is 5.92 Å². The van der Waals surface area contributed by atoms with Gasteiger partial charge in [0, 0.05) is 17.4 Å². The van der Waals surface area contributed by atoms with Crippen LogP contribution >= 0.6 is 28.6 Å². The Morgan fingerprint density at radius 2 is 2.32 bits per heavy atom. The summed E-state index contributed by atoms with van der Waals surface area (Å²) < 4.78 is 5.54. The number of amides is 1. The zero-order valence-electron chi connectivity index (χ0n) is 10.4. The summed E-state index contributed by atoms with van der Waals surface area (Å²) in [6.45, 7) is 0.591. The zero-order valence-corrected chi connectivity index (χ0v) is 12.9. The lowest BCUT2D eigenvalue weighted by Gasteiger charge is -2.19. The van der Waals surface area contributed by atoms with Gasteiger partial charge < -0.3 is 9.64 Å². The fourth-order valence-corrected chi connectivity index (χ4v) is 2.76. The van der Waals surface area contributed by atoms with Gasteiger partial charge in [0.15, 0.2) is 0 Å². The number of methoxy groups -OCH3 is 1. The third-order valence-corrected chi connectivity index (χ3v) is 4.13. The van der Waals surface area contributed by atoms with E-state index in [-0.39, 0.29) is 11.8 Å². The van der Waals surface area contributed by atoms with Crippen LogP contribution in [0.5, 0.6) is 0 Å². The first-order chi connectivity index (χ1) is 9.06. The Balaban J connectivity index is 2.39. The summed E-state index contributed by atoms with van der Waals surface area (Å²) in [7, 11) is 1.33. The molecule has 1 heterocycles. The molecule has 0 radical (unpaired) electrons. The summed E-state index contributed by atoms with van der Waals surface area (Å²) in [5, 5.41) is 0. The normalized spacial score (nSPS) is 18.8. The van der Waals surface area contributed by atoms with Crippen molar-refractivity contribution < 1.29 is 14.3 Å². The number of carbonyl (C=O) groups excluding carboxylic acids is 2. The van der Waals surface area contributed by atoms with Crippen molar-refractivity contribution in [2.45, 2.75) is 6.42 Å². The first-order valence-corrected chi connectivity index (χ1v) is 7.28. The number of hydrogen-bond donors (Lipinski definition) is 1. The number of nitrogens with zero attached hydrogens (tertiary/aromatic N) is 1. The van der Waals surface area contributed by atoms with E-state index < -0.39 is 5.97 Å². The Bertz CT molecular complexity index is 521. The van der Waals surface area contributed by atoms with Crippen LogP contribution in [0.1, 0.15) is 16.8 Å². The summed E-state index contributed by atoms with van der Waals surface area (Å²) in [4.78, 5) is 25.5. The molecular weight excluding hydrogens is 330 g/mol. The molecule has 0 saturated carbocycles. The van der Waals surface area contributed by atoms with E-state index in [4.69, 9.17) is 4.74 Å². The number of ether oxygens (including phenoxy) is 1. The number of benzene rings is 1. The molecule has 1 aromatic carbocycles. The summed E-state index contributed by atoms with van der Waals surface area (Å²) in [6, 6.07) is 5.24. The first kappa shape index (κ1) is 14.4. The molecule has 6 heteroatoms. The van der Waals surface area contributed by atoms with Crippen LogP contribution < -0.4 is 4.90 Å². The molecule has 0 bridgehead atoms. The van der Waals surface area contributed by atoms with Gasteiger partial charge in [-0.05, 0) is 29.9 Å². The van der Waals surface area contributed by atoms with Crippen molar-refractivity contribution in [3.05, 3.63) is 28.2 Å². The summed E-state index contributed by atoms with van der Waals surface area (Å²) in [5.74, 6) is 0.460. The molecule has 1 atom stereocenters. The maximum absolute atomic E-state index is 12.0. The summed E-state index contributed by atoms with van der Waals surface area (Å²) >= 11 is 7.55. The number of thiol groups is 1. The van der Waals surface area contributed by atoms with Gasteiger partial charge in [0.05, 0.1) is 18.4 Å². The Kier molecular flexibility index (Phi) is 4.52. The molecule has 1 aliphatic heterocycles. The van der Waals surface area contributed by atoms with Crippen LogP contribution in [0.3, 0.4) is 0 Å². The molecule has 19 heavy (non-hydrogen) atoms. The smallest absolute Gasteiger partial charge is 0.340 e. The highest BCUT2D eigenvalue weighted by Crippen LogP contribution is 2.31. The Hall–Kier alpha value is -1.01. The van der Waals surface area contributed by atoms with E-state index in [0.717, 1.165) is 4.47 Å². The average Bonchev–Trinajstić information content (AvgIpc) is 2.79. The minimum Gasteiger partial charge on any atom is -0.465 e. The topological polar surface area (TPSA) is 46.6 Å². The zero-order chi connectivity index (χ0) is 14.0. The monoisotopic (exact) mass is 343 g/mol. The third kappa shape index (κ3) is 2.95. The van der Waals surface area contributed by atoms with Gasteiger partial charge in [-0.1, -0.05) is 15.9 Å². The molecule has 102 valence electrons. The second-order valence-corrected chi connectivity index (χ2v) is 5.69. The number of halogens is 1. The molecule has 1 fully saturated rings. The van der Waals surface area contributed by atoms with Crippen molar-refractivity contribution in [2.24, 2.45) is 5.92 Å². The molecule has 4 nitrogen and oxygen atoms in total. The predicted molar refractivity (Wildman–Crippen MR) is 79.8 cm³/mol. The lowest BCUT2D eigenvalue weighted by Crippen LogP contribution is -2.26. The summed E-state index contributed by atoms with van der Waals surface area (Å²) in [6.07, 6.45) is 0.472. The van der Waals surface area contributed by atoms with Crippen molar-refractivity contribution >= 4 is 46.1 Å². The van der Waals surface area contributed by atoms with E-state index in [1.807, 2.05) is 6.07 Å². The van der Waals surface area contributed by atoms with E-state index in [2.05, 4.69) is 28.6 Å². The molecule has 1 aromatic rings. The lowest BCUT2D eigenvalue weighted by atomic mass is 10.1. The standard InChI is InChI=1S/C13H14BrNO3S/c1-18-13(17)10-5-9(14)2-3-11(10)15-6-8(7-19)4-12(15)16/h2-3,5,8,19H,4,6-7H2,1H3. The highest BCUT2D eigenvalue weighted by atomic mass is 79.9. The highest BCUT2D eigenvalue weighted by Gasteiger charge is 2.32. The molecule has 0 aliphatic carbocycles. The molecule has 0 spiro atoms. The molecule has 2 rings (SSSR count). The maximum Gasteiger partial charge on any atom is 0.340 e. The maximum atomic E-state index is 12.0. The molecule has 0 N–H and O–H groups in total. The molecule has 1 amide bonds. The SMILES string of the molecule is COC(=O)c1cc(Br)ccc1N1CC(CS)CC1=O. The second-order valence-electron chi connectivity index (χ2n) is 4.41. The van der Waals surface area contributed by atoms with Crippen molar-refractivity contribution in [2.75, 3.05) is 24.3 Å². The minimum absolute atomic E-state index is 0.0199. The minimum atomic E-state index is -0.446. The fraction of sp³-hybridized carbons (Fsp3) is 0.385. The number of hydrogen-bond acceptors (Lipinski definition) is 4. The Labute approximate surface area is 125 Å². The number of esters is 1. The van der Waals surface area contributed by atoms with E-state index >= 15 is 0 Å². The van der Waals surface area contributed by atoms with Crippen molar-refractivity contribution in [1.82, 2.24) is 0 Å². The fourth-order valence-electron chi connectivity index (χ4n) is 2.15. The molecule has 1 unspecified atom stereocenters. The average molecular weight is 344 g/mol. The Morgan fingerprint density at radius 3 is 2.89 bits per heavy atom. The van der Waals surface area contributed by atoms with Crippen LogP contribution in [0.2, 0.25) is 0 Å². The number of anilines is 1. The van der Waals surface area contributed by atoms with Crippen LogP contribution in [-0.2, 0) is 9.53 Å². The van der Waals surface area contributed by atoms with Gasteiger partial charge >= 0.3 is 5.97 Å². The lowest BCUT2D eigenvalue weighted by molar-refractivity contribution is -0.117. The van der Waals surface area contributed by atoms with E-state index in [9.17, 15) is 9.59 Å². The van der Waals surface area contributed by atoms with E-state index in [1.165, 1.54) is 7.11 Å². The predicted octanol–water partition coefficient (Wildman–Crippen LogP) is 2.52. The number of rotatable bonds is 3. The largest absolute Gasteiger partial charge is 0.465 e. The van der Waals surface area contributed by atoms with Crippen LogP contribution in [0.25, 0.3) is 0 Å².